The molecule has 140 valence electrons. The standard InChI is InChI=1S/C14H18ClF2N9/c15-9-7-10(24-23-9)19-11-20-12(25-5-2-18-3-6-25)22-13(21-11)26-4-1-14(16,17)8-26/h7,18H,1-6,8H2,(H2,19,20,21,22,23,24). The van der Waals surface area contributed by atoms with Crippen molar-refractivity contribution in [2.45, 2.75) is 12.3 Å². The minimum absolute atomic E-state index is 0.200. The number of halogens is 3. The van der Waals surface area contributed by atoms with Gasteiger partial charge in [-0.1, -0.05) is 11.6 Å². The fraction of sp³-hybridized carbons (Fsp3) is 0.571. The third-order valence-corrected chi connectivity index (χ3v) is 4.44. The molecule has 0 spiro atoms. The van der Waals surface area contributed by atoms with Crippen LogP contribution in [0.2, 0.25) is 5.15 Å². The van der Waals surface area contributed by atoms with Gasteiger partial charge in [-0.05, 0) is 0 Å². The lowest BCUT2D eigenvalue weighted by Crippen LogP contribution is -2.44. The van der Waals surface area contributed by atoms with Gasteiger partial charge in [-0.3, -0.25) is 5.10 Å². The van der Waals surface area contributed by atoms with Crippen LogP contribution in [0.15, 0.2) is 6.07 Å². The first kappa shape index (κ1) is 17.2. The molecule has 2 aromatic rings. The highest BCUT2D eigenvalue weighted by Gasteiger charge is 2.39. The molecular formula is C14H18ClF2N9. The maximum atomic E-state index is 13.6. The molecular weight excluding hydrogens is 368 g/mol. The number of aromatic nitrogens is 5. The van der Waals surface area contributed by atoms with Crippen molar-refractivity contribution in [2.75, 3.05) is 54.4 Å². The molecule has 0 radical (unpaired) electrons. The molecule has 2 fully saturated rings. The van der Waals surface area contributed by atoms with Crippen molar-refractivity contribution in [1.29, 1.82) is 0 Å². The van der Waals surface area contributed by atoms with Crippen molar-refractivity contribution in [3.05, 3.63) is 11.2 Å². The van der Waals surface area contributed by atoms with Gasteiger partial charge in [0.05, 0.1) is 6.54 Å². The van der Waals surface area contributed by atoms with Crippen LogP contribution in [0.1, 0.15) is 6.42 Å². The third kappa shape index (κ3) is 3.78. The Morgan fingerprint density at radius 2 is 1.81 bits per heavy atom. The quantitative estimate of drug-likeness (QED) is 0.723. The fourth-order valence-corrected chi connectivity index (χ4v) is 3.09. The summed E-state index contributed by atoms with van der Waals surface area (Å²) in [5.74, 6) is -1.37. The monoisotopic (exact) mass is 385 g/mol. The molecule has 0 aromatic carbocycles. The Morgan fingerprint density at radius 3 is 2.42 bits per heavy atom. The summed E-state index contributed by atoms with van der Waals surface area (Å²) in [5.41, 5.74) is 0. The van der Waals surface area contributed by atoms with Crippen molar-refractivity contribution in [3.8, 4) is 0 Å². The van der Waals surface area contributed by atoms with Crippen LogP contribution in [-0.2, 0) is 0 Å². The molecule has 26 heavy (non-hydrogen) atoms. The number of aromatic amines is 1. The van der Waals surface area contributed by atoms with E-state index in [0.717, 1.165) is 26.2 Å². The van der Waals surface area contributed by atoms with Crippen LogP contribution in [0.25, 0.3) is 0 Å². The van der Waals surface area contributed by atoms with Gasteiger partial charge >= 0.3 is 0 Å². The number of hydrogen-bond acceptors (Lipinski definition) is 8. The zero-order valence-corrected chi connectivity index (χ0v) is 14.6. The van der Waals surface area contributed by atoms with Crippen molar-refractivity contribution < 1.29 is 8.78 Å². The topological polar surface area (TPSA) is 97.9 Å². The molecule has 2 aliphatic heterocycles. The van der Waals surface area contributed by atoms with E-state index in [9.17, 15) is 8.78 Å². The minimum atomic E-state index is -2.73. The minimum Gasteiger partial charge on any atom is -0.338 e. The first-order valence-corrected chi connectivity index (χ1v) is 8.69. The normalized spacial score (nSPS) is 19.8. The smallest absolute Gasteiger partial charge is 0.267 e. The lowest BCUT2D eigenvalue weighted by molar-refractivity contribution is 0.0256. The highest BCUT2D eigenvalue weighted by molar-refractivity contribution is 6.29. The molecule has 9 nitrogen and oxygen atoms in total. The molecule has 0 bridgehead atoms. The van der Waals surface area contributed by atoms with E-state index in [2.05, 4.69) is 35.8 Å². The van der Waals surface area contributed by atoms with Crippen LogP contribution >= 0.6 is 11.6 Å². The number of nitrogens with one attached hydrogen (secondary N) is 3. The summed E-state index contributed by atoms with van der Waals surface area (Å²) in [7, 11) is 0. The summed E-state index contributed by atoms with van der Waals surface area (Å²) < 4.78 is 27.2. The Kier molecular flexibility index (Phi) is 4.49. The Labute approximate surface area is 153 Å². The van der Waals surface area contributed by atoms with Gasteiger partial charge in [0.2, 0.25) is 17.8 Å². The van der Waals surface area contributed by atoms with Crippen molar-refractivity contribution in [2.24, 2.45) is 0 Å². The molecule has 0 aliphatic carbocycles. The second-order valence-corrected chi connectivity index (χ2v) is 6.66. The van der Waals surface area contributed by atoms with E-state index in [-0.39, 0.29) is 24.9 Å². The number of alkyl halides is 2. The van der Waals surface area contributed by atoms with Gasteiger partial charge in [0.1, 0.15) is 5.15 Å². The zero-order valence-electron chi connectivity index (χ0n) is 13.8. The van der Waals surface area contributed by atoms with E-state index in [1.54, 1.807) is 6.07 Å². The Bertz CT molecular complexity index is 778. The second-order valence-electron chi connectivity index (χ2n) is 6.25. The molecule has 0 atom stereocenters. The first-order valence-electron chi connectivity index (χ1n) is 8.31. The summed E-state index contributed by atoms with van der Waals surface area (Å²) >= 11 is 5.83. The van der Waals surface area contributed by atoms with E-state index < -0.39 is 12.5 Å². The lowest BCUT2D eigenvalue weighted by atomic mass is 10.3. The number of H-pyrrole nitrogens is 1. The average Bonchev–Trinajstić information content (AvgIpc) is 3.20. The van der Waals surface area contributed by atoms with Gasteiger partial charge in [-0.25, -0.2) is 8.78 Å². The number of piperazine rings is 1. The predicted octanol–water partition coefficient (Wildman–Crippen LogP) is 1.25. The Morgan fingerprint density at radius 1 is 1.08 bits per heavy atom. The number of anilines is 4. The van der Waals surface area contributed by atoms with E-state index in [1.807, 2.05) is 4.90 Å². The maximum Gasteiger partial charge on any atom is 0.267 e. The Balaban J connectivity index is 1.64. The maximum absolute atomic E-state index is 13.6. The molecule has 0 unspecified atom stereocenters. The zero-order chi connectivity index (χ0) is 18.1. The molecule has 4 heterocycles. The highest BCUT2D eigenvalue weighted by Crippen LogP contribution is 2.30. The van der Waals surface area contributed by atoms with Crippen LogP contribution in [0.4, 0.5) is 32.4 Å². The van der Waals surface area contributed by atoms with Crippen molar-refractivity contribution in [1.82, 2.24) is 30.5 Å². The molecule has 0 saturated carbocycles. The molecule has 2 saturated heterocycles. The third-order valence-electron chi connectivity index (χ3n) is 4.25. The summed E-state index contributed by atoms with van der Waals surface area (Å²) in [4.78, 5) is 16.6. The van der Waals surface area contributed by atoms with Gasteiger partial charge in [0, 0.05) is 45.2 Å². The summed E-state index contributed by atoms with van der Waals surface area (Å²) in [6.07, 6.45) is -0.209. The SMILES string of the molecule is FC1(F)CCN(c2nc(Nc3cc(Cl)[nH]n3)nc(N3CCNCC3)n2)C1. The van der Waals surface area contributed by atoms with Gasteiger partial charge in [0.25, 0.3) is 5.92 Å². The summed E-state index contributed by atoms with van der Waals surface area (Å²) in [6, 6.07) is 1.58. The van der Waals surface area contributed by atoms with Crippen LogP contribution in [0, 0.1) is 0 Å². The van der Waals surface area contributed by atoms with Crippen LogP contribution in [0.5, 0.6) is 0 Å². The fourth-order valence-electron chi connectivity index (χ4n) is 2.94. The Hall–Kier alpha value is -2.27. The van der Waals surface area contributed by atoms with E-state index >= 15 is 0 Å². The van der Waals surface area contributed by atoms with Crippen molar-refractivity contribution in [3.63, 3.8) is 0 Å². The number of nitrogens with zero attached hydrogens (tertiary/aromatic N) is 6. The second kappa shape index (κ2) is 6.80. The lowest BCUT2D eigenvalue weighted by Gasteiger charge is -2.28. The first-order chi connectivity index (χ1) is 12.5. The van der Waals surface area contributed by atoms with E-state index in [4.69, 9.17) is 11.6 Å². The van der Waals surface area contributed by atoms with Gasteiger partial charge in [0.15, 0.2) is 5.82 Å². The van der Waals surface area contributed by atoms with Crippen LogP contribution < -0.4 is 20.4 Å². The van der Waals surface area contributed by atoms with E-state index in [0.29, 0.717) is 16.9 Å². The largest absolute Gasteiger partial charge is 0.338 e. The van der Waals surface area contributed by atoms with Gasteiger partial charge in [-0.2, -0.15) is 20.1 Å². The summed E-state index contributed by atoms with van der Waals surface area (Å²) in [5, 5.41) is 13.1. The van der Waals surface area contributed by atoms with Gasteiger partial charge < -0.3 is 20.4 Å². The highest BCUT2D eigenvalue weighted by atomic mass is 35.5. The van der Waals surface area contributed by atoms with Crippen LogP contribution in [-0.4, -0.2) is 70.3 Å². The average molecular weight is 386 g/mol. The van der Waals surface area contributed by atoms with Gasteiger partial charge in [-0.15, -0.1) is 0 Å². The number of hydrogen-bond donors (Lipinski definition) is 3. The predicted molar refractivity (Wildman–Crippen MR) is 93.6 cm³/mol. The van der Waals surface area contributed by atoms with E-state index in [1.165, 1.54) is 4.90 Å². The molecule has 2 aliphatic rings. The molecule has 2 aromatic heterocycles. The molecule has 0 amide bonds. The molecule has 4 rings (SSSR count). The number of rotatable bonds is 4. The molecule has 3 N–H and O–H groups in total. The van der Waals surface area contributed by atoms with Crippen LogP contribution in [0.3, 0.4) is 0 Å². The summed E-state index contributed by atoms with van der Waals surface area (Å²) in [6.45, 7) is 2.87. The van der Waals surface area contributed by atoms with Crippen molar-refractivity contribution >= 4 is 35.3 Å². The molecule has 12 heteroatoms.